The van der Waals surface area contributed by atoms with Crippen molar-refractivity contribution in [2.45, 2.75) is 62.9 Å². The van der Waals surface area contributed by atoms with E-state index in [0.717, 1.165) is 86.7 Å². The first-order chi connectivity index (χ1) is 22.5. The van der Waals surface area contributed by atoms with Crippen molar-refractivity contribution in [1.29, 1.82) is 0 Å². The fourth-order valence-electron chi connectivity index (χ4n) is 5.83. The molecule has 244 valence electrons. The van der Waals surface area contributed by atoms with Crippen LogP contribution in [0.5, 0.6) is 0 Å². The van der Waals surface area contributed by atoms with E-state index in [2.05, 4.69) is 39.3 Å². The molecule has 6 rings (SSSR count). The molecule has 2 fully saturated rings. The van der Waals surface area contributed by atoms with Gasteiger partial charge in [0.25, 0.3) is 0 Å². The summed E-state index contributed by atoms with van der Waals surface area (Å²) in [4.78, 5) is 21.5. The van der Waals surface area contributed by atoms with E-state index in [1.54, 1.807) is 23.5 Å². The maximum atomic E-state index is 13.2. The molecule has 0 saturated carbocycles. The number of ether oxygens (including phenoxy) is 1. The lowest BCUT2D eigenvalue weighted by Gasteiger charge is -2.26. The van der Waals surface area contributed by atoms with Crippen LogP contribution in [-0.2, 0) is 27.7 Å². The van der Waals surface area contributed by atoms with Gasteiger partial charge in [-0.2, -0.15) is 15.0 Å². The summed E-state index contributed by atoms with van der Waals surface area (Å²) in [6, 6.07) is 17.2. The monoisotopic (exact) mass is 662 g/mol. The Hall–Kier alpha value is -3.65. The highest BCUT2D eigenvalue weighted by Gasteiger charge is 2.29. The number of rotatable bonds is 14. The normalized spacial score (nSPS) is 17.3. The summed E-state index contributed by atoms with van der Waals surface area (Å²) in [6.45, 7) is 5.86. The van der Waals surface area contributed by atoms with Gasteiger partial charge in [0.2, 0.25) is 27.9 Å². The third kappa shape index (κ3) is 8.38. The second-order valence-electron chi connectivity index (χ2n) is 11.8. The minimum atomic E-state index is -3.65. The maximum Gasteiger partial charge on any atom is 0.240 e. The molecule has 0 bridgehead atoms. The van der Waals surface area contributed by atoms with Gasteiger partial charge in [-0.15, -0.1) is 11.3 Å². The highest BCUT2D eigenvalue weighted by atomic mass is 32.2. The van der Waals surface area contributed by atoms with E-state index >= 15 is 0 Å². The minimum Gasteiger partial charge on any atom is -0.381 e. The Kier molecular flexibility index (Phi) is 10.7. The number of thiazole rings is 1. The van der Waals surface area contributed by atoms with Crippen LogP contribution in [0, 0.1) is 5.92 Å². The third-order valence-electron chi connectivity index (χ3n) is 8.43. The summed E-state index contributed by atoms with van der Waals surface area (Å²) >= 11 is 1.61. The van der Waals surface area contributed by atoms with Crippen LogP contribution in [0.15, 0.2) is 64.9 Å². The summed E-state index contributed by atoms with van der Waals surface area (Å²) in [7, 11) is -3.65. The van der Waals surface area contributed by atoms with Crippen molar-refractivity contribution in [3.8, 4) is 10.6 Å². The Labute approximate surface area is 275 Å². The highest BCUT2D eigenvalue weighted by Crippen LogP contribution is 2.26. The van der Waals surface area contributed by atoms with Crippen molar-refractivity contribution >= 4 is 39.2 Å². The Bertz CT molecular complexity index is 1660. The Morgan fingerprint density at radius 2 is 1.67 bits per heavy atom. The lowest BCUT2D eigenvalue weighted by atomic mass is 10.0. The Balaban J connectivity index is 1.16. The van der Waals surface area contributed by atoms with E-state index in [0.29, 0.717) is 30.3 Å². The average Bonchev–Trinajstić information content (AvgIpc) is 3.77. The van der Waals surface area contributed by atoms with Crippen LogP contribution >= 0.6 is 11.3 Å². The first kappa shape index (κ1) is 32.3. The molecule has 2 aromatic carbocycles. The quantitative estimate of drug-likeness (QED) is 0.162. The first-order valence-corrected chi connectivity index (χ1v) is 18.5. The second-order valence-corrected chi connectivity index (χ2v) is 14.4. The number of aromatic nitrogens is 4. The van der Waals surface area contributed by atoms with Crippen LogP contribution in [0.2, 0.25) is 0 Å². The van der Waals surface area contributed by atoms with Crippen LogP contribution in [-0.4, -0.2) is 67.2 Å². The van der Waals surface area contributed by atoms with Gasteiger partial charge >= 0.3 is 0 Å². The van der Waals surface area contributed by atoms with Crippen molar-refractivity contribution in [3.05, 3.63) is 71.2 Å². The lowest BCUT2D eigenvalue weighted by Crippen LogP contribution is -2.41. The first-order valence-electron chi connectivity index (χ1n) is 16.1. The molecular weight excluding hydrogens is 621 g/mol. The van der Waals surface area contributed by atoms with Crippen molar-refractivity contribution in [1.82, 2.24) is 24.7 Å². The molecular formula is C33H42N8O3S2. The highest BCUT2D eigenvalue weighted by molar-refractivity contribution is 7.89. The number of anilines is 3. The van der Waals surface area contributed by atoms with Gasteiger partial charge in [0, 0.05) is 49.8 Å². The van der Waals surface area contributed by atoms with E-state index in [4.69, 9.17) is 24.7 Å². The number of aryl methyl sites for hydroxylation is 1. The lowest BCUT2D eigenvalue weighted by molar-refractivity contribution is 0.0699. The number of hydrogen-bond acceptors (Lipinski definition) is 11. The number of nitrogens with zero attached hydrogens (tertiary/aromatic N) is 5. The predicted molar refractivity (Wildman–Crippen MR) is 183 cm³/mol. The molecule has 0 aliphatic carbocycles. The van der Waals surface area contributed by atoms with Gasteiger partial charge in [-0.05, 0) is 55.7 Å². The SMILES string of the molecule is CCCc1ccc(S(=O)(=O)NC[C@H]2CCCN2c2nc(NCc3csc(-c4ccccc4)n3)nc(NCC3CCOCC3)n2)cc1. The van der Waals surface area contributed by atoms with Gasteiger partial charge in [-0.1, -0.05) is 55.8 Å². The fourth-order valence-corrected chi connectivity index (χ4v) is 7.73. The molecule has 0 amide bonds. The van der Waals surface area contributed by atoms with Gasteiger partial charge in [-0.3, -0.25) is 0 Å². The van der Waals surface area contributed by atoms with Crippen molar-refractivity contribution in [2.75, 3.05) is 48.4 Å². The predicted octanol–water partition coefficient (Wildman–Crippen LogP) is 5.35. The molecule has 3 N–H and O–H groups in total. The molecule has 13 heteroatoms. The minimum absolute atomic E-state index is 0.0836. The maximum absolute atomic E-state index is 13.2. The Morgan fingerprint density at radius 3 is 2.43 bits per heavy atom. The molecule has 0 spiro atoms. The molecule has 46 heavy (non-hydrogen) atoms. The number of hydrogen-bond donors (Lipinski definition) is 3. The zero-order valence-electron chi connectivity index (χ0n) is 26.2. The van der Waals surface area contributed by atoms with Crippen LogP contribution in [0.25, 0.3) is 10.6 Å². The summed E-state index contributed by atoms with van der Waals surface area (Å²) in [5, 5.41) is 9.80. The molecule has 4 heterocycles. The van der Waals surface area contributed by atoms with Crippen LogP contribution in [0.4, 0.5) is 17.8 Å². The molecule has 2 aromatic heterocycles. The number of benzene rings is 2. The van der Waals surface area contributed by atoms with E-state index < -0.39 is 10.0 Å². The van der Waals surface area contributed by atoms with E-state index in [-0.39, 0.29) is 17.5 Å². The fraction of sp³-hybridized carbons (Fsp3) is 0.455. The zero-order valence-corrected chi connectivity index (χ0v) is 27.8. The van der Waals surface area contributed by atoms with Crippen LogP contribution in [0.1, 0.15) is 50.3 Å². The topological polar surface area (TPSA) is 134 Å². The molecule has 2 aliphatic rings. The van der Waals surface area contributed by atoms with Gasteiger partial charge in [0.15, 0.2) is 0 Å². The van der Waals surface area contributed by atoms with E-state index in [1.165, 1.54) is 0 Å². The molecule has 2 saturated heterocycles. The van der Waals surface area contributed by atoms with Crippen molar-refractivity contribution < 1.29 is 13.2 Å². The summed E-state index contributed by atoms with van der Waals surface area (Å²) in [6.07, 6.45) is 5.69. The van der Waals surface area contributed by atoms with Gasteiger partial charge in [0.05, 0.1) is 17.1 Å². The van der Waals surface area contributed by atoms with Gasteiger partial charge in [0.1, 0.15) is 5.01 Å². The average molecular weight is 663 g/mol. The molecule has 1 atom stereocenters. The summed E-state index contributed by atoms with van der Waals surface area (Å²) in [5.41, 5.74) is 3.12. The largest absolute Gasteiger partial charge is 0.381 e. The molecule has 2 aliphatic heterocycles. The Morgan fingerprint density at radius 1 is 0.913 bits per heavy atom. The summed E-state index contributed by atoms with van der Waals surface area (Å²) in [5.74, 6) is 1.97. The molecule has 0 radical (unpaired) electrons. The van der Waals surface area contributed by atoms with E-state index in [9.17, 15) is 8.42 Å². The number of nitrogens with one attached hydrogen (secondary N) is 3. The third-order valence-corrected chi connectivity index (χ3v) is 10.8. The van der Waals surface area contributed by atoms with Crippen molar-refractivity contribution in [2.24, 2.45) is 5.92 Å². The smallest absolute Gasteiger partial charge is 0.240 e. The standard InChI is InChI=1S/C33H42N8O3S2/c1-2-7-24-11-13-29(14-12-24)46(42,43)36-22-28-10-6-17-41(28)33-39-31(34-20-25-15-18-44-19-16-25)38-32(40-33)35-21-27-23-45-30(37-27)26-8-4-3-5-9-26/h3-5,8-9,11-14,23,25,28,36H,2,6-7,10,15-22H2,1H3,(H2,34,35,38,39,40)/t28-/m1/s1. The van der Waals surface area contributed by atoms with E-state index in [1.807, 2.05) is 35.7 Å². The number of sulfonamides is 1. The summed E-state index contributed by atoms with van der Waals surface area (Å²) < 4.78 is 34.7. The van der Waals surface area contributed by atoms with Crippen molar-refractivity contribution in [3.63, 3.8) is 0 Å². The van der Waals surface area contributed by atoms with Crippen LogP contribution < -0.4 is 20.3 Å². The molecule has 4 aromatic rings. The zero-order chi connectivity index (χ0) is 31.8. The second kappa shape index (κ2) is 15.3. The molecule has 11 nitrogen and oxygen atoms in total. The van der Waals surface area contributed by atoms with Gasteiger partial charge in [-0.25, -0.2) is 18.1 Å². The van der Waals surface area contributed by atoms with Gasteiger partial charge < -0.3 is 20.3 Å². The molecule has 0 unspecified atom stereocenters. The van der Waals surface area contributed by atoms with Crippen LogP contribution in [0.3, 0.4) is 0 Å².